The maximum atomic E-state index is 12.7. The van der Waals surface area contributed by atoms with E-state index in [1.165, 1.54) is 6.26 Å². The van der Waals surface area contributed by atoms with Crippen molar-refractivity contribution in [3.8, 4) is 11.4 Å². The van der Waals surface area contributed by atoms with Gasteiger partial charge < -0.3 is 18.7 Å². The molecular weight excluding hydrogens is 344 g/mol. The molecule has 3 aromatic rings. The van der Waals surface area contributed by atoms with E-state index >= 15 is 0 Å². The van der Waals surface area contributed by atoms with Gasteiger partial charge in [-0.15, -0.1) is 0 Å². The first-order valence-corrected chi connectivity index (χ1v) is 9.16. The number of piperidine rings is 1. The van der Waals surface area contributed by atoms with Crippen LogP contribution in [0.15, 0.2) is 47.4 Å². The van der Waals surface area contributed by atoms with Gasteiger partial charge in [0, 0.05) is 44.7 Å². The predicted molar refractivity (Wildman–Crippen MR) is 97.0 cm³/mol. The Labute approximate surface area is 156 Å². The number of likely N-dealkylation sites (tertiary alicyclic amines) is 1. The van der Waals surface area contributed by atoms with Crippen molar-refractivity contribution in [2.75, 3.05) is 13.1 Å². The van der Waals surface area contributed by atoms with E-state index in [1.807, 2.05) is 41.6 Å². The minimum atomic E-state index is -0.351. The second-order valence-corrected chi connectivity index (χ2v) is 7.25. The SMILES string of the molecule is Cc1nocc1C(=O)N1CCC2(CC1)Cc1nccn1-c1ccccc1O2. The summed E-state index contributed by atoms with van der Waals surface area (Å²) in [7, 11) is 0. The van der Waals surface area contributed by atoms with Gasteiger partial charge in [-0.1, -0.05) is 17.3 Å². The molecule has 5 rings (SSSR count). The smallest absolute Gasteiger partial charge is 0.259 e. The molecule has 1 saturated heterocycles. The summed E-state index contributed by atoms with van der Waals surface area (Å²) in [4.78, 5) is 19.2. The molecule has 0 radical (unpaired) electrons. The van der Waals surface area contributed by atoms with Gasteiger partial charge in [0.2, 0.25) is 0 Å². The molecule has 0 N–H and O–H groups in total. The van der Waals surface area contributed by atoms with E-state index in [4.69, 9.17) is 9.26 Å². The van der Waals surface area contributed by atoms with Gasteiger partial charge in [0.1, 0.15) is 29.0 Å². The van der Waals surface area contributed by atoms with Crippen LogP contribution in [0.25, 0.3) is 5.69 Å². The number of amides is 1. The number of aromatic nitrogens is 3. The molecule has 1 spiro atoms. The van der Waals surface area contributed by atoms with Crippen LogP contribution in [0.2, 0.25) is 0 Å². The highest BCUT2D eigenvalue weighted by atomic mass is 16.5. The molecule has 4 heterocycles. The largest absolute Gasteiger partial charge is 0.484 e. The van der Waals surface area contributed by atoms with Gasteiger partial charge in [0.05, 0.1) is 11.4 Å². The number of ether oxygens (including phenoxy) is 1. The monoisotopic (exact) mass is 364 g/mol. The lowest BCUT2D eigenvalue weighted by Gasteiger charge is -2.41. The minimum Gasteiger partial charge on any atom is -0.484 e. The first kappa shape index (κ1) is 16.1. The molecule has 1 fully saturated rings. The number of hydrogen-bond donors (Lipinski definition) is 0. The van der Waals surface area contributed by atoms with Crippen LogP contribution in [0.5, 0.6) is 5.75 Å². The minimum absolute atomic E-state index is 0.0286. The number of carbonyl (C=O) groups excluding carboxylic acids is 1. The lowest BCUT2D eigenvalue weighted by atomic mass is 9.87. The lowest BCUT2D eigenvalue weighted by Crippen LogP contribution is -2.51. The molecule has 2 aromatic heterocycles. The number of fused-ring (bicyclic) bond motifs is 3. The fourth-order valence-corrected chi connectivity index (χ4v) is 4.05. The highest BCUT2D eigenvalue weighted by molar-refractivity contribution is 5.94. The van der Waals surface area contributed by atoms with Crippen LogP contribution in [-0.4, -0.2) is 44.2 Å². The van der Waals surface area contributed by atoms with Gasteiger partial charge in [-0.25, -0.2) is 4.98 Å². The van der Waals surface area contributed by atoms with Gasteiger partial charge in [0.25, 0.3) is 5.91 Å². The van der Waals surface area contributed by atoms with Crippen molar-refractivity contribution < 1.29 is 14.1 Å². The van der Waals surface area contributed by atoms with Crippen LogP contribution >= 0.6 is 0 Å². The summed E-state index contributed by atoms with van der Waals surface area (Å²) in [5, 5.41) is 3.81. The Kier molecular flexibility index (Phi) is 3.56. The zero-order chi connectivity index (χ0) is 18.4. The molecule has 7 heteroatoms. The van der Waals surface area contributed by atoms with Gasteiger partial charge in [-0.05, 0) is 19.1 Å². The second-order valence-electron chi connectivity index (χ2n) is 7.25. The summed E-state index contributed by atoms with van der Waals surface area (Å²) in [6.45, 7) is 3.05. The summed E-state index contributed by atoms with van der Waals surface area (Å²) >= 11 is 0. The summed E-state index contributed by atoms with van der Waals surface area (Å²) < 4.78 is 13.6. The molecule has 0 bridgehead atoms. The third-order valence-corrected chi connectivity index (χ3v) is 5.59. The maximum Gasteiger partial charge on any atom is 0.259 e. The van der Waals surface area contributed by atoms with Crippen LogP contribution in [0.3, 0.4) is 0 Å². The Balaban J connectivity index is 1.41. The van der Waals surface area contributed by atoms with Gasteiger partial charge in [-0.2, -0.15) is 0 Å². The van der Waals surface area contributed by atoms with Crippen molar-refractivity contribution in [2.45, 2.75) is 31.8 Å². The average Bonchev–Trinajstić information content (AvgIpc) is 3.28. The number of para-hydroxylation sites is 2. The average molecular weight is 364 g/mol. The van der Waals surface area contributed by atoms with Crippen molar-refractivity contribution in [1.29, 1.82) is 0 Å². The third-order valence-electron chi connectivity index (χ3n) is 5.59. The van der Waals surface area contributed by atoms with Crippen molar-refractivity contribution in [3.05, 3.63) is 60.0 Å². The van der Waals surface area contributed by atoms with Crippen molar-refractivity contribution in [1.82, 2.24) is 19.6 Å². The molecule has 0 atom stereocenters. The Morgan fingerprint density at radius 2 is 2.04 bits per heavy atom. The number of benzene rings is 1. The van der Waals surface area contributed by atoms with Gasteiger partial charge >= 0.3 is 0 Å². The Morgan fingerprint density at radius 1 is 1.22 bits per heavy atom. The molecule has 1 aromatic carbocycles. The number of hydrogen-bond acceptors (Lipinski definition) is 5. The Morgan fingerprint density at radius 3 is 2.81 bits per heavy atom. The fraction of sp³-hybridized carbons (Fsp3) is 0.350. The van der Waals surface area contributed by atoms with Crippen LogP contribution in [0.4, 0.5) is 0 Å². The third kappa shape index (κ3) is 2.61. The van der Waals surface area contributed by atoms with E-state index in [9.17, 15) is 4.79 Å². The van der Waals surface area contributed by atoms with E-state index in [0.717, 1.165) is 36.5 Å². The summed E-state index contributed by atoms with van der Waals surface area (Å²) in [5.74, 6) is 1.83. The van der Waals surface area contributed by atoms with Crippen molar-refractivity contribution >= 4 is 5.91 Å². The summed E-state index contributed by atoms with van der Waals surface area (Å²) in [6.07, 6.45) is 7.47. The highest BCUT2D eigenvalue weighted by Crippen LogP contribution is 2.38. The van der Waals surface area contributed by atoms with E-state index in [1.54, 1.807) is 6.92 Å². The van der Waals surface area contributed by atoms with Crippen molar-refractivity contribution in [2.24, 2.45) is 0 Å². The van der Waals surface area contributed by atoms with E-state index < -0.39 is 0 Å². The zero-order valence-electron chi connectivity index (χ0n) is 15.1. The van der Waals surface area contributed by atoms with Gasteiger partial charge in [0.15, 0.2) is 0 Å². The van der Waals surface area contributed by atoms with Crippen LogP contribution in [0.1, 0.15) is 34.7 Å². The Bertz CT molecular complexity index is 998. The van der Waals surface area contributed by atoms with Crippen LogP contribution in [0, 0.1) is 6.92 Å². The van der Waals surface area contributed by atoms with Crippen LogP contribution < -0.4 is 4.74 Å². The summed E-state index contributed by atoms with van der Waals surface area (Å²) in [5.41, 5.74) is 1.83. The zero-order valence-corrected chi connectivity index (χ0v) is 15.1. The normalized spacial score (nSPS) is 17.7. The quantitative estimate of drug-likeness (QED) is 0.664. The maximum absolute atomic E-state index is 12.7. The second kappa shape index (κ2) is 5.97. The molecule has 0 aliphatic carbocycles. The predicted octanol–water partition coefficient (Wildman–Crippen LogP) is 2.78. The topological polar surface area (TPSA) is 73.4 Å². The standard InChI is InChI=1S/C20H20N4O3/c1-14-15(13-26-22-14)19(25)23-9-6-20(7-10-23)12-18-21-8-11-24(18)16-4-2-3-5-17(16)27-20/h2-5,8,11,13H,6-7,9-10,12H2,1H3. The van der Waals surface area contributed by atoms with Crippen LogP contribution in [-0.2, 0) is 6.42 Å². The number of rotatable bonds is 1. The van der Waals surface area contributed by atoms with Crippen molar-refractivity contribution in [3.63, 3.8) is 0 Å². The molecule has 2 aliphatic heterocycles. The number of nitrogens with zero attached hydrogens (tertiary/aromatic N) is 4. The number of carbonyl (C=O) groups is 1. The highest BCUT2D eigenvalue weighted by Gasteiger charge is 2.41. The summed E-state index contributed by atoms with van der Waals surface area (Å²) in [6, 6.07) is 8.05. The molecule has 0 unspecified atom stereocenters. The molecular formula is C20H20N4O3. The molecule has 7 nitrogen and oxygen atoms in total. The number of aryl methyl sites for hydroxylation is 1. The van der Waals surface area contributed by atoms with E-state index in [0.29, 0.717) is 24.3 Å². The molecule has 1 amide bonds. The fourth-order valence-electron chi connectivity index (χ4n) is 4.05. The van der Waals surface area contributed by atoms with E-state index in [-0.39, 0.29) is 11.5 Å². The first-order valence-electron chi connectivity index (χ1n) is 9.16. The first-order chi connectivity index (χ1) is 13.2. The molecule has 2 aliphatic rings. The molecule has 27 heavy (non-hydrogen) atoms. The van der Waals surface area contributed by atoms with Gasteiger partial charge in [-0.3, -0.25) is 4.79 Å². The lowest BCUT2D eigenvalue weighted by molar-refractivity contribution is 0.00480. The Hall–Kier alpha value is -3.09. The number of imidazole rings is 1. The molecule has 0 saturated carbocycles. The van der Waals surface area contributed by atoms with E-state index in [2.05, 4.69) is 14.7 Å². The molecule has 138 valence electrons.